The van der Waals surface area contributed by atoms with Gasteiger partial charge in [-0.2, -0.15) is 5.10 Å². The van der Waals surface area contributed by atoms with Gasteiger partial charge < -0.3 is 10.1 Å². The van der Waals surface area contributed by atoms with Gasteiger partial charge in [0.05, 0.1) is 11.0 Å². The van der Waals surface area contributed by atoms with Crippen molar-refractivity contribution in [2.45, 2.75) is 0 Å². The number of para-hydroxylation sites is 2. The molecular weight excluding hydrogens is 336 g/mol. The Labute approximate surface area is 155 Å². The number of phenolic OH excluding ortho intramolecular Hbond substituents is 1. The fourth-order valence-electron chi connectivity index (χ4n) is 3.33. The number of aromatic nitrogens is 4. The average Bonchev–Trinajstić information content (AvgIpc) is 3.32. The lowest BCUT2D eigenvalue weighted by Gasteiger charge is -2.06. The molecule has 27 heavy (non-hydrogen) atoms. The van der Waals surface area contributed by atoms with E-state index >= 15 is 0 Å². The lowest BCUT2D eigenvalue weighted by Crippen LogP contribution is -1.86. The number of nitrogens with one attached hydrogen (secondary N) is 2. The summed E-state index contributed by atoms with van der Waals surface area (Å²) in [5, 5.41) is 17.6. The first-order valence-corrected chi connectivity index (χ1v) is 8.68. The Morgan fingerprint density at radius 3 is 2.37 bits per heavy atom. The van der Waals surface area contributed by atoms with Crippen molar-refractivity contribution < 1.29 is 5.11 Å². The average molecular weight is 352 g/mol. The molecule has 5 rings (SSSR count). The van der Waals surface area contributed by atoms with Crippen LogP contribution in [-0.2, 0) is 0 Å². The molecule has 0 saturated heterocycles. The molecule has 3 aromatic carbocycles. The Morgan fingerprint density at radius 2 is 1.56 bits per heavy atom. The van der Waals surface area contributed by atoms with Crippen molar-refractivity contribution in [2.75, 3.05) is 0 Å². The monoisotopic (exact) mass is 352 g/mol. The van der Waals surface area contributed by atoms with Crippen LogP contribution in [0.4, 0.5) is 0 Å². The van der Waals surface area contributed by atoms with E-state index in [-0.39, 0.29) is 5.75 Å². The first kappa shape index (κ1) is 15.4. The molecule has 0 aliphatic rings. The summed E-state index contributed by atoms with van der Waals surface area (Å²) in [6.07, 6.45) is 0. The van der Waals surface area contributed by atoms with Crippen molar-refractivity contribution in [1.82, 2.24) is 20.2 Å². The highest BCUT2D eigenvalue weighted by molar-refractivity contribution is 5.91. The molecule has 0 aliphatic heterocycles. The summed E-state index contributed by atoms with van der Waals surface area (Å²) in [4.78, 5) is 8.08. The first-order chi connectivity index (χ1) is 13.3. The van der Waals surface area contributed by atoms with Gasteiger partial charge in [-0.1, -0.05) is 54.6 Å². The molecule has 5 heteroatoms. The Balaban J connectivity index is 1.77. The van der Waals surface area contributed by atoms with Crippen LogP contribution in [0.25, 0.3) is 44.9 Å². The number of benzene rings is 3. The normalized spacial score (nSPS) is 11.1. The number of nitrogens with zero attached hydrogens (tertiary/aromatic N) is 2. The number of H-pyrrole nitrogens is 2. The maximum Gasteiger partial charge on any atom is 0.157 e. The number of rotatable bonds is 3. The highest BCUT2D eigenvalue weighted by atomic mass is 16.3. The highest BCUT2D eigenvalue weighted by Gasteiger charge is 2.20. The van der Waals surface area contributed by atoms with E-state index in [0.717, 1.165) is 44.9 Å². The number of hydrogen-bond acceptors (Lipinski definition) is 3. The number of aromatic amines is 2. The van der Waals surface area contributed by atoms with E-state index in [1.807, 2.05) is 66.7 Å². The molecule has 0 radical (unpaired) electrons. The molecule has 0 unspecified atom stereocenters. The van der Waals surface area contributed by atoms with Gasteiger partial charge in [-0.3, -0.25) is 5.10 Å². The topological polar surface area (TPSA) is 77.6 Å². The molecule has 3 N–H and O–H groups in total. The fourth-order valence-corrected chi connectivity index (χ4v) is 3.33. The van der Waals surface area contributed by atoms with Crippen LogP contribution in [0.1, 0.15) is 0 Å². The van der Waals surface area contributed by atoms with Gasteiger partial charge in [0.1, 0.15) is 17.1 Å². The van der Waals surface area contributed by atoms with Crippen LogP contribution in [0.15, 0.2) is 78.9 Å². The van der Waals surface area contributed by atoms with Crippen molar-refractivity contribution in [3.8, 4) is 39.7 Å². The Kier molecular flexibility index (Phi) is 3.50. The van der Waals surface area contributed by atoms with Crippen molar-refractivity contribution in [3.63, 3.8) is 0 Å². The maximum atomic E-state index is 9.90. The minimum atomic E-state index is 0.208. The molecule has 5 aromatic rings. The molecule has 0 spiro atoms. The van der Waals surface area contributed by atoms with Gasteiger partial charge in [0, 0.05) is 11.1 Å². The van der Waals surface area contributed by atoms with Crippen LogP contribution in [0, 0.1) is 0 Å². The summed E-state index contributed by atoms with van der Waals surface area (Å²) in [6, 6.07) is 25.1. The second kappa shape index (κ2) is 6.14. The third-order valence-electron chi connectivity index (χ3n) is 4.57. The molecule has 0 amide bonds. The lowest BCUT2D eigenvalue weighted by molar-refractivity contribution is 0.475. The molecule has 2 aromatic heterocycles. The van der Waals surface area contributed by atoms with E-state index in [1.165, 1.54) is 0 Å². The van der Waals surface area contributed by atoms with Crippen molar-refractivity contribution >= 4 is 11.0 Å². The summed E-state index contributed by atoms with van der Waals surface area (Å²) in [6.45, 7) is 0. The van der Waals surface area contributed by atoms with Gasteiger partial charge in [0.15, 0.2) is 5.82 Å². The summed E-state index contributed by atoms with van der Waals surface area (Å²) >= 11 is 0. The number of fused-ring (bicyclic) bond motifs is 1. The van der Waals surface area contributed by atoms with E-state index in [2.05, 4.69) is 15.2 Å². The summed E-state index contributed by atoms with van der Waals surface area (Å²) in [5.41, 5.74) is 6.27. The molecule has 5 nitrogen and oxygen atoms in total. The van der Waals surface area contributed by atoms with Crippen molar-refractivity contribution in [1.29, 1.82) is 0 Å². The summed E-state index contributed by atoms with van der Waals surface area (Å²) in [7, 11) is 0. The maximum absolute atomic E-state index is 9.90. The highest BCUT2D eigenvalue weighted by Crippen LogP contribution is 2.38. The summed E-state index contributed by atoms with van der Waals surface area (Å²) in [5.74, 6) is 0.939. The first-order valence-electron chi connectivity index (χ1n) is 8.68. The van der Waals surface area contributed by atoms with Crippen molar-refractivity contribution in [3.05, 3.63) is 78.9 Å². The van der Waals surface area contributed by atoms with Gasteiger partial charge in [-0.15, -0.1) is 0 Å². The molecular formula is C22H16N4O. The molecule has 130 valence electrons. The molecule has 0 fully saturated rings. The minimum Gasteiger partial charge on any atom is -0.508 e. The van der Waals surface area contributed by atoms with Crippen LogP contribution in [-0.4, -0.2) is 25.3 Å². The number of imidazole rings is 1. The predicted molar refractivity (Wildman–Crippen MR) is 106 cm³/mol. The standard InChI is InChI=1S/C22H16N4O/c27-16-10-6-9-15(13-16)20-19(14-7-2-1-3-8-14)21(26-25-20)22-23-17-11-4-5-12-18(17)24-22/h1-13,27H,(H,23,24)(H,25,26). The third kappa shape index (κ3) is 2.66. The van der Waals surface area contributed by atoms with E-state index in [1.54, 1.807) is 12.1 Å². The number of hydrogen-bond donors (Lipinski definition) is 3. The van der Waals surface area contributed by atoms with Crippen LogP contribution in [0.5, 0.6) is 5.75 Å². The van der Waals surface area contributed by atoms with Crippen LogP contribution >= 0.6 is 0 Å². The van der Waals surface area contributed by atoms with E-state index in [4.69, 9.17) is 4.98 Å². The zero-order valence-electron chi connectivity index (χ0n) is 14.3. The van der Waals surface area contributed by atoms with E-state index in [9.17, 15) is 5.11 Å². The molecule has 0 aliphatic carbocycles. The number of aromatic hydroxyl groups is 1. The Bertz CT molecular complexity index is 1200. The number of phenols is 1. The smallest absolute Gasteiger partial charge is 0.157 e. The minimum absolute atomic E-state index is 0.208. The second-order valence-electron chi connectivity index (χ2n) is 6.34. The molecule has 2 heterocycles. The van der Waals surface area contributed by atoms with Crippen LogP contribution in [0.2, 0.25) is 0 Å². The van der Waals surface area contributed by atoms with Gasteiger partial charge >= 0.3 is 0 Å². The third-order valence-corrected chi connectivity index (χ3v) is 4.57. The van der Waals surface area contributed by atoms with Gasteiger partial charge in [0.2, 0.25) is 0 Å². The molecule has 0 saturated carbocycles. The van der Waals surface area contributed by atoms with Gasteiger partial charge in [-0.25, -0.2) is 4.98 Å². The van der Waals surface area contributed by atoms with Crippen molar-refractivity contribution in [2.24, 2.45) is 0 Å². The second-order valence-corrected chi connectivity index (χ2v) is 6.34. The van der Waals surface area contributed by atoms with Crippen LogP contribution in [0.3, 0.4) is 0 Å². The zero-order valence-corrected chi connectivity index (χ0v) is 14.3. The Hall–Kier alpha value is -3.86. The molecule has 0 atom stereocenters. The van der Waals surface area contributed by atoms with E-state index in [0.29, 0.717) is 0 Å². The van der Waals surface area contributed by atoms with Gasteiger partial charge in [-0.05, 0) is 29.8 Å². The lowest BCUT2D eigenvalue weighted by atomic mass is 9.98. The fraction of sp³-hybridized carbons (Fsp3) is 0. The van der Waals surface area contributed by atoms with Gasteiger partial charge in [0.25, 0.3) is 0 Å². The zero-order chi connectivity index (χ0) is 18.2. The quantitative estimate of drug-likeness (QED) is 0.428. The van der Waals surface area contributed by atoms with E-state index < -0.39 is 0 Å². The summed E-state index contributed by atoms with van der Waals surface area (Å²) < 4.78 is 0. The molecule has 0 bridgehead atoms. The predicted octanol–water partition coefficient (Wildman–Crippen LogP) is 4.99. The van der Waals surface area contributed by atoms with Crippen LogP contribution < -0.4 is 0 Å². The largest absolute Gasteiger partial charge is 0.508 e. The Morgan fingerprint density at radius 1 is 0.778 bits per heavy atom. The SMILES string of the molecule is Oc1cccc(-c2n[nH]c(-c3nc4ccccc4[nH]3)c2-c2ccccc2)c1.